The molecule has 0 aliphatic carbocycles. The highest BCUT2D eigenvalue weighted by molar-refractivity contribution is 7.98. The van der Waals surface area contributed by atoms with Crippen LogP contribution in [-0.2, 0) is 23.8 Å². The number of nitrogens with zero attached hydrogens (tertiary/aromatic N) is 2. The molecular formula is C32H50N2O8S2. The molecule has 0 amide bonds. The van der Waals surface area contributed by atoms with Crippen LogP contribution in [0, 0.1) is 24.2 Å². The summed E-state index contributed by atoms with van der Waals surface area (Å²) in [5.74, 6) is -0.996. The zero-order chi connectivity index (χ0) is 32.6. The summed E-state index contributed by atoms with van der Waals surface area (Å²) in [6.45, 7) is 11.7. The molecule has 1 aromatic heterocycles. The van der Waals surface area contributed by atoms with Crippen LogP contribution in [0.25, 0.3) is 6.08 Å². The van der Waals surface area contributed by atoms with Gasteiger partial charge in [0.25, 0.3) is 0 Å². The highest BCUT2D eigenvalue weighted by Crippen LogP contribution is 2.39. The molecule has 2 fully saturated rings. The topological polar surface area (TPSA) is 135 Å². The van der Waals surface area contributed by atoms with Crippen molar-refractivity contribution >= 4 is 47.1 Å². The maximum atomic E-state index is 13.4. The van der Waals surface area contributed by atoms with Gasteiger partial charge in [0.2, 0.25) is 0 Å². The number of carbonyl (C=O) groups is 3. The Bertz CT molecular complexity index is 1160. The van der Waals surface area contributed by atoms with Crippen molar-refractivity contribution in [3.05, 3.63) is 21.7 Å². The quantitative estimate of drug-likeness (QED) is 0.225. The van der Waals surface area contributed by atoms with Gasteiger partial charge >= 0.3 is 12.1 Å². The van der Waals surface area contributed by atoms with Crippen LogP contribution in [0.3, 0.4) is 0 Å². The van der Waals surface area contributed by atoms with Crippen molar-refractivity contribution in [3.8, 4) is 0 Å². The van der Waals surface area contributed by atoms with E-state index >= 15 is 0 Å². The lowest BCUT2D eigenvalue weighted by Gasteiger charge is -2.34. The highest BCUT2D eigenvalue weighted by Gasteiger charge is 2.48. The molecule has 10 nitrogen and oxygen atoms in total. The van der Waals surface area contributed by atoms with Gasteiger partial charge in [-0.1, -0.05) is 34.1 Å². The maximum absolute atomic E-state index is 13.4. The molecule has 1 aromatic rings. The minimum absolute atomic E-state index is 0.0828. The third-order valence-corrected chi connectivity index (χ3v) is 10.4. The van der Waals surface area contributed by atoms with Crippen molar-refractivity contribution in [1.82, 2.24) is 9.88 Å². The predicted molar refractivity (Wildman–Crippen MR) is 173 cm³/mol. The molecule has 2 aliphatic rings. The summed E-state index contributed by atoms with van der Waals surface area (Å²) in [6.07, 6.45) is 3.05. The molecule has 2 aliphatic heterocycles. The predicted octanol–water partition coefficient (Wildman–Crippen LogP) is 4.89. The fourth-order valence-corrected chi connectivity index (χ4v) is 6.84. The number of thiazole rings is 1. The first-order valence-corrected chi connectivity index (χ1v) is 17.8. The molecule has 8 atom stereocenters. The fourth-order valence-electron chi connectivity index (χ4n) is 6.02. The van der Waals surface area contributed by atoms with Gasteiger partial charge in [0.05, 0.1) is 34.7 Å². The number of aliphatic hydroxyl groups excluding tert-OH is 2. The molecule has 0 spiro atoms. The van der Waals surface area contributed by atoms with Gasteiger partial charge in [-0.05, 0) is 50.5 Å². The molecule has 12 heteroatoms. The number of ketones is 1. The smallest absolute Gasteiger partial charge is 0.458 e. The van der Waals surface area contributed by atoms with Crippen LogP contribution >= 0.6 is 23.1 Å². The van der Waals surface area contributed by atoms with Crippen LogP contribution in [0.5, 0.6) is 0 Å². The van der Waals surface area contributed by atoms with Gasteiger partial charge in [-0.3, -0.25) is 14.5 Å². The number of carbonyl (C=O) groups excluding carboxylic acids is 3. The number of Topliss-reactive ketones (excluding diaryl/α,β-unsaturated/α-hetero) is 1. The third kappa shape index (κ3) is 10.0. The molecule has 0 radical (unpaired) electrons. The molecule has 3 rings (SSSR count). The SMILES string of the molecule is CSCCOC(=O)OCCN1C2C[C@@H](/C(C)=C/c3csc(C)n3)OC(=O)C[C@H](O)C(C)(C)C(=O)[C@H](C)[C@@H](O)[C@@H](C)CCC[C@H]21. The molecule has 2 unspecified atom stereocenters. The standard InChI is InChI=1S/C32H50N2O8S2/c1-19-9-8-10-24-25(34(24)11-12-40-31(39)41-13-14-43-7)16-26(20(2)15-23-18-44-22(4)33-23)42-28(36)17-27(35)32(5,6)30(38)21(3)29(19)37/h15,18-19,21,24-27,29,35,37H,8-14,16-17H2,1-7H3/b20-15+/t19-,21+,24+,25?,26-,27-,29-,34?/m0/s1. The average molecular weight is 655 g/mol. The lowest BCUT2D eigenvalue weighted by Crippen LogP contribution is -2.45. The Morgan fingerprint density at radius 2 is 1.91 bits per heavy atom. The van der Waals surface area contributed by atoms with Crippen LogP contribution in [0.1, 0.15) is 77.4 Å². The monoisotopic (exact) mass is 654 g/mol. The van der Waals surface area contributed by atoms with Crippen molar-refractivity contribution in [1.29, 1.82) is 0 Å². The number of rotatable bonds is 8. The van der Waals surface area contributed by atoms with Gasteiger partial charge < -0.3 is 24.4 Å². The van der Waals surface area contributed by atoms with Gasteiger partial charge in [-0.2, -0.15) is 11.8 Å². The van der Waals surface area contributed by atoms with Gasteiger partial charge in [0.15, 0.2) is 0 Å². The van der Waals surface area contributed by atoms with Crippen LogP contribution < -0.4 is 0 Å². The highest BCUT2D eigenvalue weighted by atomic mass is 32.2. The molecule has 0 saturated carbocycles. The Kier molecular flexibility index (Phi) is 13.7. The number of ether oxygens (including phenoxy) is 3. The van der Waals surface area contributed by atoms with E-state index in [0.717, 1.165) is 35.5 Å². The van der Waals surface area contributed by atoms with Gasteiger partial charge in [-0.25, -0.2) is 9.78 Å². The zero-order valence-corrected chi connectivity index (χ0v) is 28.7. The third-order valence-electron chi connectivity index (χ3n) is 9.03. The number of aryl methyl sites for hydroxylation is 1. The first-order chi connectivity index (χ1) is 20.8. The second-order valence-corrected chi connectivity index (χ2v) is 14.7. The minimum atomic E-state index is -1.27. The van der Waals surface area contributed by atoms with Crippen molar-refractivity contribution in [3.63, 3.8) is 0 Å². The number of aliphatic hydroxyl groups is 2. The van der Waals surface area contributed by atoms with Crippen LogP contribution in [0.2, 0.25) is 0 Å². The fraction of sp³-hybridized carbons (Fsp3) is 0.750. The summed E-state index contributed by atoms with van der Waals surface area (Å²) < 4.78 is 16.4. The second-order valence-electron chi connectivity index (χ2n) is 12.7. The van der Waals surface area contributed by atoms with Gasteiger partial charge in [0.1, 0.15) is 25.1 Å². The summed E-state index contributed by atoms with van der Waals surface area (Å²) in [7, 11) is 0. The normalized spacial score (nSPS) is 32.0. The zero-order valence-electron chi connectivity index (χ0n) is 27.1. The summed E-state index contributed by atoms with van der Waals surface area (Å²) in [4.78, 5) is 45.4. The van der Waals surface area contributed by atoms with E-state index in [1.807, 2.05) is 38.5 Å². The Morgan fingerprint density at radius 1 is 1.20 bits per heavy atom. The lowest BCUT2D eigenvalue weighted by atomic mass is 9.73. The van der Waals surface area contributed by atoms with Crippen molar-refractivity contribution in [2.75, 3.05) is 31.8 Å². The van der Waals surface area contributed by atoms with E-state index < -0.39 is 41.8 Å². The molecule has 0 bridgehead atoms. The Hall–Kier alpha value is -1.99. The largest absolute Gasteiger partial charge is 0.508 e. The number of fused-ring (bicyclic) bond motifs is 1. The number of thioether (sulfide) groups is 1. The van der Waals surface area contributed by atoms with E-state index in [2.05, 4.69) is 9.88 Å². The van der Waals surface area contributed by atoms with Crippen LogP contribution in [0.15, 0.2) is 11.0 Å². The summed E-state index contributed by atoms with van der Waals surface area (Å²) in [5, 5.41) is 24.9. The second kappa shape index (κ2) is 16.5. The maximum Gasteiger partial charge on any atom is 0.508 e. The lowest BCUT2D eigenvalue weighted by molar-refractivity contribution is -0.154. The average Bonchev–Trinajstić information content (AvgIpc) is 3.43. The minimum Gasteiger partial charge on any atom is -0.458 e. The van der Waals surface area contributed by atoms with E-state index in [1.165, 1.54) is 0 Å². The number of cyclic esters (lactones) is 1. The van der Waals surface area contributed by atoms with Crippen LogP contribution in [-0.4, -0.2) is 100 Å². The summed E-state index contributed by atoms with van der Waals surface area (Å²) in [6, 6.07) is 0.266. The van der Waals surface area contributed by atoms with Gasteiger partial charge in [-0.15, -0.1) is 11.3 Å². The number of hydrogen-bond donors (Lipinski definition) is 2. The first-order valence-electron chi connectivity index (χ1n) is 15.5. The van der Waals surface area contributed by atoms with E-state index in [1.54, 1.807) is 43.9 Å². The number of aromatic nitrogens is 1. The van der Waals surface area contributed by atoms with Crippen LogP contribution in [0.4, 0.5) is 4.79 Å². The first kappa shape index (κ1) is 36.5. The Labute approximate surface area is 269 Å². The van der Waals surface area contributed by atoms with Crippen molar-refractivity contribution < 1.29 is 38.8 Å². The number of hydrogen-bond acceptors (Lipinski definition) is 12. The summed E-state index contributed by atoms with van der Waals surface area (Å²) >= 11 is 3.12. The van der Waals surface area contributed by atoms with E-state index in [4.69, 9.17) is 14.2 Å². The Morgan fingerprint density at radius 3 is 2.57 bits per heavy atom. The number of esters is 1. The van der Waals surface area contributed by atoms with Crippen molar-refractivity contribution in [2.45, 2.75) is 104 Å². The van der Waals surface area contributed by atoms with Gasteiger partial charge in [0, 0.05) is 42.1 Å². The van der Waals surface area contributed by atoms with Crippen molar-refractivity contribution in [2.24, 2.45) is 17.3 Å². The van der Waals surface area contributed by atoms with E-state index in [9.17, 15) is 24.6 Å². The molecule has 2 N–H and O–H groups in total. The molecule has 2 saturated heterocycles. The molecular weight excluding hydrogens is 604 g/mol. The molecule has 44 heavy (non-hydrogen) atoms. The molecule has 248 valence electrons. The van der Waals surface area contributed by atoms with E-state index in [0.29, 0.717) is 25.3 Å². The summed E-state index contributed by atoms with van der Waals surface area (Å²) in [5.41, 5.74) is 0.377. The molecule has 0 aromatic carbocycles. The Balaban J connectivity index is 1.82. The molecule has 3 heterocycles. The van der Waals surface area contributed by atoms with E-state index in [-0.39, 0.29) is 36.8 Å².